The molecule has 1 fully saturated rings. The first-order valence-corrected chi connectivity index (χ1v) is 6.89. The van der Waals surface area contributed by atoms with Crippen molar-refractivity contribution in [2.24, 2.45) is 0 Å². The summed E-state index contributed by atoms with van der Waals surface area (Å²) in [4.78, 5) is 2.34. The third kappa shape index (κ3) is 4.66. The van der Waals surface area contributed by atoms with Gasteiger partial charge in [-0.15, -0.1) is 24.8 Å². The van der Waals surface area contributed by atoms with Crippen LogP contribution in [0, 0.1) is 0 Å². The largest absolute Gasteiger partial charge is 0.506 e. The molecule has 3 nitrogen and oxygen atoms in total. The lowest BCUT2D eigenvalue weighted by Gasteiger charge is -2.33. The van der Waals surface area contributed by atoms with Gasteiger partial charge in [0.1, 0.15) is 5.75 Å². The minimum Gasteiger partial charge on any atom is -0.506 e. The number of nitrogens with zero attached hydrogens (tertiary/aromatic N) is 1. The van der Waals surface area contributed by atoms with Gasteiger partial charge in [0.2, 0.25) is 0 Å². The second-order valence-electron chi connectivity index (χ2n) is 4.29. The van der Waals surface area contributed by atoms with Gasteiger partial charge in [-0.05, 0) is 19.1 Å². The molecule has 1 saturated heterocycles. The van der Waals surface area contributed by atoms with Crippen LogP contribution in [-0.2, 0) is 0 Å². The summed E-state index contributed by atoms with van der Waals surface area (Å²) < 4.78 is 0.900. The molecule has 110 valence electrons. The van der Waals surface area contributed by atoms with Gasteiger partial charge in [-0.2, -0.15) is 0 Å². The Labute approximate surface area is 139 Å². The van der Waals surface area contributed by atoms with Crippen molar-refractivity contribution < 1.29 is 5.11 Å². The monoisotopic (exact) mass is 390 g/mol. The highest BCUT2D eigenvalue weighted by Gasteiger charge is 2.21. The fraction of sp³-hybridized carbons (Fsp3) is 0.500. The van der Waals surface area contributed by atoms with E-state index in [0.717, 1.165) is 36.2 Å². The van der Waals surface area contributed by atoms with Gasteiger partial charge in [0.15, 0.2) is 0 Å². The predicted molar refractivity (Wildman–Crippen MR) is 88.2 cm³/mol. The van der Waals surface area contributed by atoms with Crippen LogP contribution in [0.15, 0.2) is 16.6 Å². The highest BCUT2D eigenvalue weighted by atomic mass is 79.9. The minimum absolute atomic E-state index is 0. The van der Waals surface area contributed by atoms with Gasteiger partial charge in [0, 0.05) is 42.3 Å². The van der Waals surface area contributed by atoms with Gasteiger partial charge in [-0.3, -0.25) is 4.90 Å². The maximum atomic E-state index is 10.0. The first-order chi connectivity index (χ1) is 8.09. The molecule has 7 heteroatoms. The summed E-state index contributed by atoms with van der Waals surface area (Å²) in [6, 6.07) is 3.82. The van der Waals surface area contributed by atoms with E-state index < -0.39 is 0 Å². The maximum Gasteiger partial charge on any atom is 0.139 e. The van der Waals surface area contributed by atoms with Crippen LogP contribution in [0.2, 0.25) is 5.02 Å². The van der Waals surface area contributed by atoms with Crippen LogP contribution in [-0.4, -0.2) is 36.2 Å². The van der Waals surface area contributed by atoms with Gasteiger partial charge in [0.25, 0.3) is 0 Å². The van der Waals surface area contributed by atoms with Gasteiger partial charge in [-0.25, -0.2) is 0 Å². The number of hydrogen-bond acceptors (Lipinski definition) is 3. The Bertz CT molecular complexity index is 414. The molecule has 0 aliphatic carbocycles. The van der Waals surface area contributed by atoms with Crippen LogP contribution in [0.3, 0.4) is 0 Å². The van der Waals surface area contributed by atoms with Crippen LogP contribution in [0.1, 0.15) is 18.5 Å². The molecule has 2 rings (SSSR count). The van der Waals surface area contributed by atoms with Crippen LogP contribution >= 0.6 is 52.3 Å². The number of rotatable bonds is 2. The lowest BCUT2D eigenvalue weighted by molar-refractivity contribution is 0.183. The summed E-state index contributed by atoms with van der Waals surface area (Å²) in [7, 11) is 0. The molecule has 2 N–H and O–H groups in total. The molecule has 19 heavy (non-hydrogen) atoms. The summed E-state index contributed by atoms with van der Waals surface area (Å²) in [5.41, 5.74) is 0.881. The Kier molecular flexibility index (Phi) is 8.68. The molecule has 0 saturated carbocycles. The molecular formula is C12H18BrCl3N2O. The molecule has 1 aromatic rings. The number of hydrogen-bond donors (Lipinski definition) is 2. The summed E-state index contributed by atoms with van der Waals surface area (Å²) >= 11 is 9.40. The average Bonchev–Trinajstić information content (AvgIpc) is 2.34. The van der Waals surface area contributed by atoms with Gasteiger partial charge < -0.3 is 10.4 Å². The zero-order valence-electron chi connectivity index (χ0n) is 10.5. The van der Waals surface area contributed by atoms with E-state index in [1.54, 1.807) is 6.07 Å². The number of piperazine rings is 1. The number of halogens is 4. The second kappa shape index (κ2) is 8.55. The molecular weight excluding hydrogens is 374 g/mol. The molecule has 1 aromatic carbocycles. The van der Waals surface area contributed by atoms with Crippen molar-refractivity contribution in [1.29, 1.82) is 0 Å². The molecule has 0 aromatic heterocycles. The van der Waals surface area contributed by atoms with Crippen molar-refractivity contribution in [1.82, 2.24) is 10.2 Å². The smallest absolute Gasteiger partial charge is 0.139 e. The van der Waals surface area contributed by atoms with Crippen LogP contribution in [0.25, 0.3) is 0 Å². The van der Waals surface area contributed by atoms with Crippen molar-refractivity contribution in [3.63, 3.8) is 0 Å². The van der Waals surface area contributed by atoms with Crippen LogP contribution < -0.4 is 5.32 Å². The van der Waals surface area contributed by atoms with E-state index in [2.05, 4.69) is 33.1 Å². The Balaban J connectivity index is 0.00000162. The van der Waals surface area contributed by atoms with Crippen LogP contribution in [0.4, 0.5) is 0 Å². The summed E-state index contributed by atoms with van der Waals surface area (Å²) in [6.07, 6.45) is 0. The maximum absolute atomic E-state index is 10.0. The number of phenolic OH excluding ortho intramolecular Hbond substituents is 1. The normalized spacial score (nSPS) is 17.2. The molecule has 0 radical (unpaired) electrons. The Hall–Kier alpha value is 0.290. The molecule has 1 atom stereocenters. The third-order valence-corrected chi connectivity index (χ3v) is 3.95. The van der Waals surface area contributed by atoms with E-state index in [4.69, 9.17) is 11.6 Å². The van der Waals surface area contributed by atoms with Crippen molar-refractivity contribution in [3.8, 4) is 5.75 Å². The summed E-state index contributed by atoms with van der Waals surface area (Å²) in [5, 5.41) is 13.7. The Morgan fingerprint density at radius 3 is 2.47 bits per heavy atom. The molecule has 0 bridgehead atoms. The lowest BCUT2D eigenvalue weighted by Crippen LogP contribution is -2.44. The highest BCUT2D eigenvalue weighted by Crippen LogP contribution is 2.36. The Morgan fingerprint density at radius 1 is 1.32 bits per heavy atom. The number of nitrogens with one attached hydrogen (secondary N) is 1. The number of phenols is 1. The second-order valence-corrected chi connectivity index (χ2v) is 5.61. The van der Waals surface area contributed by atoms with E-state index in [1.165, 1.54) is 0 Å². The van der Waals surface area contributed by atoms with Crippen molar-refractivity contribution in [2.45, 2.75) is 13.0 Å². The molecule has 0 spiro atoms. The van der Waals surface area contributed by atoms with Crippen molar-refractivity contribution in [3.05, 3.63) is 27.2 Å². The average molecular weight is 393 g/mol. The van der Waals surface area contributed by atoms with E-state index in [9.17, 15) is 5.11 Å². The molecule has 0 amide bonds. The van der Waals surface area contributed by atoms with E-state index in [0.29, 0.717) is 5.02 Å². The van der Waals surface area contributed by atoms with Crippen molar-refractivity contribution >= 4 is 52.3 Å². The fourth-order valence-corrected chi connectivity index (χ4v) is 3.00. The lowest BCUT2D eigenvalue weighted by atomic mass is 10.1. The zero-order chi connectivity index (χ0) is 12.4. The highest BCUT2D eigenvalue weighted by molar-refractivity contribution is 9.10. The quantitative estimate of drug-likeness (QED) is 0.807. The molecule has 0 unspecified atom stereocenters. The minimum atomic E-state index is 0. The van der Waals surface area contributed by atoms with Gasteiger partial charge >= 0.3 is 0 Å². The SMILES string of the molecule is C[C@@H](c1cc(Br)cc(Cl)c1O)N1CCNCC1.Cl.Cl. The molecule has 1 heterocycles. The fourth-order valence-electron chi connectivity index (χ4n) is 2.17. The predicted octanol–water partition coefficient (Wildman–Crippen LogP) is 3.62. The molecule has 1 aliphatic rings. The molecule has 1 aliphatic heterocycles. The van der Waals surface area contributed by atoms with Crippen LogP contribution in [0.5, 0.6) is 5.75 Å². The van der Waals surface area contributed by atoms with E-state index >= 15 is 0 Å². The van der Waals surface area contributed by atoms with Crippen molar-refractivity contribution in [2.75, 3.05) is 26.2 Å². The standard InChI is InChI=1S/C12H16BrClN2O.2ClH/c1-8(16-4-2-15-3-5-16)10-6-9(13)7-11(14)12(10)17;;/h6-8,15,17H,2-5H2,1H3;2*1H/t8-;;/m0../s1. The first kappa shape index (κ1) is 19.3. The first-order valence-electron chi connectivity index (χ1n) is 5.72. The summed E-state index contributed by atoms with van der Waals surface area (Å²) in [6.45, 7) is 6.07. The summed E-state index contributed by atoms with van der Waals surface area (Å²) in [5.74, 6) is 0.195. The zero-order valence-corrected chi connectivity index (χ0v) is 14.5. The van der Waals surface area contributed by atoms with E-state index in [-0.39, 0.29) is 36.6 Å². The van der Waals surface area contributed by atoms with E-state index in [1.807, 2.05) is 6.07 Å². The van der Waals surface area contributed by atoms with Gasteiger partial charge in [0.05, 0.1) is 5.02 Å². The third-order valence-electron chi connectivity index (χ3n) is 3.21. The number of benzene rings is 1. The van der Waals surface area contributed by atoms with Gasteiger partial charge in [-0.1, -0.05) is 27.5 Å². The number of aromatic hydroxyl groups is 1. The topological polar surface area (TPSA) is 35.5 Å². The Morgan fingerprint density at radius 2 is 1.89 bits per heavy atom.